The second kappa shape index (κ2) is 10.1. The van der Waals surface area contributed by atoms with Crippen molar-refractivity contribution in [3.8, 4) is 5.75 Å². The highest BCUT2D eigenvalue weighted by molar-refractivity contribution is 7.80. The number of hydrogen-bond acceptors (Lipinski definition) is 6. The number of nitrogens with one attached hydrogen (secondary N) is 1. The number of amides is 2. The molecule has 0 aliphatic carbocycles. The second-order valence-electron chi connectivity index (χ2n) is 7.34. The number of nitrogens with zero attached hydrogens (tertiary/aromatic N) is 1. The molecule has 0 saturated carbocycles. The third-order valence-electron chi connectivity index (χ3n) is 5.07. The molecule has 170 valence electrons. The van der Waals surface area contributed by atoms with Crippen LogP contribution in [-0.4, -0.2) is 30.0 Å². The molecule has 1 heterocycles. The Bertz CT molecular complexity index is 1290. The Labute approximate surface area is 201 Å². The molecule has 7 nitrogen and oxygen atoms in total. The van der Waals surface area contributed by atoms with E-state index in [2.05, 4.69) is 5.32 Å². The van der Waals surface area contributed by atoms with Crippen molar-refractivity contribution in [1.29, 1.82) is 0 Å². The predicted molar refractivity (Wildman–Crippen MR) is 131 cm³/mol. The lowest BCUT2D eigenvalue weighted by Crippen LogP contribution is -2.54. The number of benzene rings is 3. The van der Waals surface area contributed by atoms with E-state index in [1.54, 1.807) is 72.8 Å². The number of para-hydroxylation sites is 1. The number of carbonyl (C=O) groups is 3. The van der Waals surface area contributed by atoms with Crippen LogP contribution in [-0.2, 0) is 20.9 Å². The molecule has 4 rings (SSSR count). The Morgan fingerprint density at radius 1 is 1.00 bits per heavy atom. The van der Waals surface area contributed by atoms with Gasteiger partial charge in [-0.2, -0.15) is 0 Å². The number of carbonyl (C=O) groups excluding carboxylic acids is 3. The summed E-state index contributed by atoms with van der Waals surface area (Å²) in [5, 5.41) is 2.61. The summed E-state index contributed by atoms with van der Waals surface area (Å²) in [4.78, 5) is 38.4. The van der Waals surface area contributed by atoms with Crippen LogP contribution in [0.4, 0.5) is 5.69 Å². The van der Waals surface area contributed by atoms with Crippen LogP contribution in [0, 0.1) is 0 Å². The van der Waals surface area contributed by atoms with Crippen molar-refractivity contribution >= 4 is 46.9 Å². The van der Waals surface area contributed by atoms with Crippen LogP contribution in [0.15, 0.2) is 84.4 Å². The largest absolute Gasteiger partial charge is 0.489 e. The number of anilines is 1. The highest BCUT2D eigenvalue weighted by Gasteiger charge is 2.34. The van der Waals surface area contributed by atoms with Gasteiger partial charge in [-0.1, -0.05) is 42.5 Å². The third-order valence-corrected chi connectivity index (χ3v) is 5.35. The van der Waals surface area contributed by atoms with Gasteiger partial charge in [-0.05, 0) is 65.8 Å². The maximum absolute atomic E-state index is 13.1. The fourth-order valence-corrected chi connectivity index (χ4v) is 3.63. The summed E-state index contributed by atoms with van der Waals surface area (Å²) in [6.45, 7) is 0.275. The first kappa shape index (κ1) is 22.9. The van der Waals surface area contributed by atoms with E-state index in [9.17, 15) is 14.4 Å². The van der Waals surface area contributed by atoms with Crippen LogP contribution in [0.3, 0.4) is 0 Å². The lowest BCUT2D eigenvalue weighted by molar-refractivity contribution is -0.122. The second-order valence-corrected chi connectivity index (χ2v) is 7.73. The molecule has 3 aromatic carbocycles. The molecule has 1 fully saturated rings. The molecule has 0 aromatic heterocycles. The van der Waals surface area contributed by atoms with Crippen LogP contribution >= 0.6 is 12.2 Å². The molecule has 0 unspecified atom stereocenters. The molecule has 0 spiro atoms. The summed E-state index contributed by atoms with van der Waals surface area (Å²) in [5.41, 5.74) is 2.48. The first-order valence-corrected chi connectivity index (χ1v) is 10.7. The molecule has 0 atom stereocenters. The Kier molecular flexibility index (Phi) is 6.79. The molecule has 8 heteroatoms. The van der Waals surface area contributed by atoms with E-state index in [-0.39, 0.29) is 17.3 Å². The van der Waals surface area contributed by atoms with E-state index in [0.717, 1.165) is 5.56 Å². The molecule has 0 radical (unpaired) electrons. The summed E-state index contributed by atoms with van der Waals surface area (Å²) >= 11 is 5.21. The third kappa shape index (κ3) is 5.02. The van der Waals surface area contributed by atoms with Gasteiger partial charge >= 0.3 is 5.97 Å². The SMILES string of the molecule is COC(=O)c1ccc(COc2cccc(C=C3C(=O)NC(=S)N(c4ccccc4)C3=O)c2)cc1. The molecule has 1 N–H and O–H groups in total. The van der Waals surface area contributed by atoms with Crippen LogP contribution < -0.4 is 15.0 Å². The van der Waals surface area contributed by atoms with Gasteiger partial charge < -0.3 is 9.47 Å². The topological polar surface area (TPSA) is 84.9 Å². The molecular weight excluding hydrogens is 452 g/mol. The van der Waals surface area contributed by atoms with Crippen molar-refractivity contribution in [2.24, 2.45) is 0 Å². The van der Waals surface area contributed by atoms with E-state index in [1.165, 1.54) is 18.1 Å². The van der Waals surface area contributed by atoms with Gasteiger partial charge in [-0.25, -0.2) is 4.79 Å². The number of thiocarbonyl (C=S) groups is 1. The van der Waals surface area contributed by atoms with Crippen LogP contribution in [0.25, 0.3) is 6.08 Å². The number of esters is 1. The number of methoxy groups -OCH3 is 1. The first-order valence-electron chi connectivity index (χ1n) is 10.3. The predicted octanol–water partition coefficient (Wildman–Crippen LogP) is 3.88. The van der Waals surface area contributed by atoms with E-state index in [4.69, 9.17) is 21.7 Å². The minimum atomic E-state index is -0.556. The van der Waals surface area contributed by atoms with Gasteiger partial charge in [0, 0.05) is 0 Å². The van der Waals surface area contributed by atoms with Crippen LogP contribution in [0.5, 0.6) is 5.75 Å². The summed E-state index contributed by atoms with van der Waals surface area (Å²) in [6.07, 6.45) is 1.51. The van der Waals surface area contributed by atoms with Gasteiger partial charge in [0.05, 0.1) is 18.4 Å². The monoisotopic (exact) mass is 472 g/mol. The van der Waals surface area contributed by atoms with Crippen LogP contribution in [0.2, 0.25) is 0 Å². The summed E-state index contributed by atoms with van der Waals surface area (Å²) in [7, 11) is 1.33. The average molecular weight is 473 g/mol. The van der Waals surface area contributed by atoms with Gasteiger partial charge in [0.25, 0.3) is 11.8 Å². The Hall–Kier alpha value is -4.30. The van der Waals surface area contributed by atoms with Crippen molar-refractivity contribution in [3.05, 3.63) is 101 Å². The average Bonchev–Trinajstić information content (AvgIpc) is 2.86. The van der Waals surface area contributed by atoms with Crippen molar-refractivity contribution in [3.63, 3.8) is 0 Å². The lowest BCUT2D eigenvalue weighted by atomic mass is 10.1. The molecular formula is C26H20N2O5S. The van der Waals surface area contributed by atoms with E-state index >= 15 is 0 Å². The van der Waals surface area contributed by atoms with Gasteiger partial charge in [0.15, 0.2) is 5.11 Å². The normalized spacial score (nSPS) is 14.7. The van der Waals surface area contributed by atoms with Crippen molar-refractivity contribution < 1.29 is 23.9 Å². The Balaban J connectivity index is 1.51. The lowest BCUT2D eigenvalue weighted by Gasteiger charge is -2.28. The maximum atomic E-state index is 13.1. The Morgan fingerprint density at radius 2 is 1.74 bits per heavy atom. The maximum Gasteiger partial charge on any atom is 0.337 e. The van der Waals surface area contributed by atoms with Gasteiger partial charge in [-0.15, -0.1) is 0 Å². The minimum absolute atomic E-state index is 0.0343. The van der Waals surface area contributed by atoms with Crippen molar-refractivity contribution in [1.82, 2.24) is 5.32 Å². The fourth-order valence-electron chi connectivity index (χ4n) is 3.35. The minimum Gasteiger partial charge on any atom is -0.489 e. The number of rotatable bonds is 6. The van der Waals surface area contributed by atoms with Gasteiger partial charge in [-0.3, -0.25) is 19.8 Å². The standard InChI is InChI=1S/C26H20N2O5S/c1-32-25(31)19-12-10-17(11-13-19)16-33-21-9-5-6-18(14-21)15-22-23(29)27-26(34)28(24(22)30)20-7-3-2-4-8-20/h2-15H,16H2,1H3,(H,27,29,34). The van der Waals surface area contributed by atoms with Crippen molar-refractivity contribution in [2.75, 3.05) is 12.0 Å². The molecule has 1 saturated heterocycles. The molecule has 1 aliphatic heterocycles. The molecule has 1 aliphatic rings. The highest BCUT2D eigenvalue weighted by atomic mass is 32.1. The molecule has 3 aromatic rings. The van der Waals surface area contributed by atoms with Gasteiger partial charge in [0.1, 0.15) is 17.9 Å². The molecule has 0 bridgehead atoms. The van der Waals surface area contributed by atoms with E-state index in [0.29, 0.717) is 22.6 Å². The summed E-state index contributed by atoms with van der Waals surface area (Å²) in [6, 6.07) is 22.8. The zero-order chi connectivity index (χ0) is 24.1. The highest BCUT2D eigenvalue weighted by Crippen LogP contribution is 2.23. The van der Waals surface area contributed by atoms with Gasteiger partial charge in [0.2, 0.25) is 0 Å². The zero-order valence-corrected chi connectivity index (χ0v) is 19.0. The van der Waals surface area contributed by atoms with E-state index in [1.807, 2.05) is 6.07 Å². The summed E-state index contributed by atoms with van der Waals surface area (Å²) in [5.74, 6) is -0.900. The van der Waals surface area contributed by atoms with Crippen LogP contribution in [0.1, 0.15) is 21.5 Å². The van der Waals surface area contributed by atoms with E-state index < -0.39 is 17.8 Å². The first-order chi connectivity index (χ1) is 16.5. The number of hydrogen-bond donors (Lipinski definition) is 1. The smallest absolute Gasteiger partial charge is 0.337 e. The number of ether oxygens (including phenoxy) is 2. The van der Waals surface area contributed by atoms with Crippen molar-refractivity contribution in [2.45, 2.75) is 6.61 Å². The zero-order valence-electron chi connectivity index (χ0n) is 18.2. The molecule has 2 amide bonds. The quantitative estimate of drug-likeness (QED) is 0.254. The summed E-state index contributed by atoms with van der Waals surface area (Å²) < 4.78 is 10.5. The Morgan fingerprint density at radius 3 is 2.44 bits per heavy atom. The molecule has 34 heavy (non-hydrogen) atoms. The fraction of sp³-hybridized carbons (Fsp3) is 0.0769.